The van der Waals surface area contributed by atoms with Crippen LogP contribution in [0.4, 0.5) is 0 Å². The first-order chi connectivity index (χ1) is 10.9. The van der Waals surface area contributed by atoms with Crippen LogP contribution in [0, 0.1) is 0 Å². The van der Waals surface area contributed by atoms with Crippen molar-refractivity contribution in [2.24, 2.45) is 22.4 Å². The number of nitrogens with zero attached hydrogens (tertiary/aromatic N) is 1. The fraction of sp³-hybridized carbons (Fsp3) is 0.125. The van der Waals surface area contributed by atoms with Crippen molar-refractivity contribution in [3.63, 3.8) is 0 Å². The van der Waals surface area contributed by atoms with Crippen molar-refractivity contribution < 1.29 is 4.21 Å². The van der Waals surface area contributed by atoms with Crippen LogP contribution in [0.15, 0.2) is 52.5 Å². The van der Waals surface area contributed by atoms with Crippen molar-refractivity contribution in [3.8, 4) is 11.1 Å². The van der Waals surface area contributed by atoms with Crippen LogP contribution in [0.3, 0.4) is 0 Å². The van der Waals surface area contributed by atoms with E-state index >= 15 is 0 Å². The molecule has 2 rings (SSSR count). The zero-order valence-electron chi connectivity index (χ0n) is 13.0. The zero-order valence-corrected chi connectivity index (χ0v) is 13.8. The summed E-state index contributed by atoms with van der Waals surface area (Å²) in [6, 6.07) is 13.2. The molecule has 0 saturated carbocycles. The lowest BCUT2D eigenvalue weighted by atomic mass is 9.98. The normalized spacial score (nSPS) is 14.3. The molecule has 23 heavy (non-hydrogen) atoms. The van der Waals surface area contributed by atoms with Gasteiger partial charge in [-0.25, -0.2) is 11.4 Å². The number of hydrazone groups is 1. The van der Waals surface area contributed by atoms with Crippen LogP contribution < -0.4 is 22.8 Å². The van der Waals surface area contributed by atoms with E-state index in [0.717, 1.165) is 16.7 Å². The molecule has 1 unspecified atom stereocenters. The Bertz CT molecular complexity index is 826. The standard InChI is InChI=1S/C16H21N5OS/c1-23(2,22)14-5-3-4-13(15(14)16(18)20-21-19)12-8-6-11(10-17)7-9-12/h3-9,21H,1,10,17,19H2,2H3,(H2,18,20). The summed E-state index contributed by atoms with van der Waals surface area (Å²) in [5.74, 6) is 9.14. The molecule has 0 aliphatic heterocycles. The van der Waals surface area contributed by atoms with Gasteiger partial charge < -0.3 is 11.5 Å². The largest absolute Gasteiger partial charge is 0.382 e. The van der Waals surface area contributed by atoms with E-state index < -0.39 is 9.52 Å². The molecule has 0 bridgehead atoms. The first-order valence-electron chi connectivity index (χ1n) is 6.92. The molecule has 0 fully saturated rings. The van der Waals surface area contributed by atoms with Gasteiger partial charge in [0.1, 0.15) is 0 Å². The Morgan fingerprint density at radius 2 is 1.91 bits per heavy atom. The average Bonchev–Trinajstić information content (AvgIpc) is 2.53. The molecule has 0 aromatic heterocycles. The Hall–Kier alpha value is -2.35. The second-order valence-electron chi connectivity index (χ2n) is 5.21. The third-order valence-corrected chi connectivity index (χ3v) is 4.70. The molecule has 2 aromatic rings. The van der Waals surface area contributed by atoms with E-state index in [0.29, 0.717) is 17.0 Å². The van der Waals surface area contributed by atoms with Crippen molar-refractivity contribution in [3.05, 3.63) is 53.6 Å². The lowest BCUT2D eigenvalue weighted by Crippen LogP contribution is -2.25. The second kappa shape index (κ2) is 6.82. The third kappa shape index (κ3) is 3.70. The first kappa shape index (κ1) is 17.0. The van der Waals surface area contributed by atoms with Crippen LogP contribution in [0.1, 0.15) is 11.1 Å². The predicted molar refractivity (Wildman–Crippen MR) is 97.3 cm³/mol. The predicted octanol–water partition coefficient (Wildman–Crippen LogP) is 0.601. The average molecular weight is 331 g/mol. The van der Waals surface area contributed by atoms with Crippen LogP contribution >= 0.6 is 0 Å². The summed E-state index contributed by atoms with van der Waals surface area (Å²) in [7, 11) is -2.49. The van der Waals surface area contributed by atoms with Gasteiger partial charge >= 0.3 is 0 Å². The number of hydrogen-bond acceptors (Lipinski definition) is 5. The minimum Gasteiger partial charge on any atom is -0.382 e. The molecule has 0 aliphatic carbocycles. The Morgan fingerprint density at radius 1 is 1.26 bits per heavy atom. The molecule has 0 amide bonds. The molecule has 0 aliphatic rings. The molecular weight excluding hydrogens is 310 g/mol. The molecule has 7 heteroatoms. The van der Waals surface area contributed by atoms with Crippen molar-refractivity contribution >= 4 is 21.2 Å². The lowest BCUT2D eigenvalue weighted by molar-refractivity contribution is 0.685. The topological polar surface area (TPSA) is 120 Å². The third-order valence-electron chi connectivity index (χ3n) is 3.43. The van der Waals surface area contributed by atoms with Gasteiger partial charge in [-0.05, 0) is 38.1 Å². The maximum absolute atomic E-state index is 12.5. The van der Waals surface area contributed by atoms with Gasteiger partial charge in [-0.3, -0.25) is 4.21 Å². The SMILES string of the molecule is C=S(C)(=O)c1cccc(-c2ccc(CN)cc2)c1/C(N)=N/NN. The molecule has 0 heterocycles. The monoisotopic (exact) mass is 331 g/mol. The van der Waals surface area contributed by atoms with Gasteiger partial charge in [0.25, 0.3) is 0 Å². The molecule has 6 nitrogen and oxygen atoms in total. The molecule has 0 spiro atoms. The minimum atomic E-state index is -2.49. The highest BCUT2D eigenvalue weighted by Gasteiger charge is 2.17. The maximum Gasteiger partial charge on any atom is 0.153 e. The van der Waals surface area contributed by atoms with E-state index in [9.17, 15) is 4.21 Å². The summed E-state index contributed by atoms with van der Waals surface area (Å²) in [6.07, 6.45) is 1.57. The highest BCUT2D eigenvalue weighted by molar-refractivity contribution is 7.99. The van der Waals surface area contributed by atoms with Gasteiger partial charge in [0.2, 0.25) is 0 Å². The van der Waals surface area contributed by atoms with Crippen molar-refractivity contribution in [1.82, 2.24) is 5.53 Å². The van der Waals surface area contributed by atoms with Crippen LogP contribution in [0.2, 0.25) is 0 Å². The van der Waals surface area contributed by atoms with Gasteiger partial charge in [-0.15, -0.1) is 5.10 Å². The van der Waals surface area contributed by atoms with Crippen molar-refractivity contribution in [1.29, 1.82) is 0 Å². The molecular formula is C16H21N5OS. The number of nitrogens with one attached hydrogen (secondary N) is 1. The summed E-state index contributed by atoms with van der Waals surface area (Å²) < 4.78 is 12.5. The molecule has 1 atom stereocenters. The number of benzene rings is 2. The summed E-state index contributed by atoms with van der Waals surface area (Å²) in [5, 5.41) is 3.84. The van der Waals surface area contributed by atoms with Gasteiger partial charge in [0, 0.05) is 23.3 Å². The van der Waals surface area contributed by atoms with E-state index in [-0.39, 0.29) is 5.84 Å². The van der Waals surface area contributed by atoms with E-state index in [1.807, 2.05) is 36.4 Å². The fourth-order valence-electron chi connectivity index (χ4n) is 2.34. The molecule has 0 saturated heterocycles. The molecule has 122 valence electrons. The highest BCUT2D eigenvalue weighted by Crippen LogP contribution is 2.29. The summed E-state index contributed by atoms with van der Waals surface area (Å²) in [4.78, 5) is 0.536. The summed E-state index contributed by atoms with van der Waals surface area (Å²) >= 11 is 0. The lowest BCUT2D eigenvalue weighted by Gasteiger charge is -2.16. The number of hydrogen-bond donors (Lipinski definition) is 4. The van der Waals surface area contributed by atoms with Crippen LogP contribution in [0.5, 0.6) is 0 Å². The molecule has 0 radical (unpaired) electrons. The highest BCUT2D eigenvalue weighted by atomic mass is 32.2. The van der Waals surface area contributed by atoms with Crippen LogP contribution in [0.25, 0.3) is 11.1 Å². The van der Waals surface area contributed by atoms with E-state index in [1.165, 1.54) is 0 Å². The number of amidine groups is 1. The maximum atomic E-state index is 12.5. The smallest absolute Gasteiger partial charge is 0.153 e. The molecule has 7 N–H and O–H groups in total. The fourth-order valence-corrected chi connectivity index (χ4v) is 3.35. The Morgan fingerprint density at radius 3 is 2.43 bits per heavy atom. The Balaban J connectivity index is 2.74. The zero-order chi connectivity index (χ0) is 17.0. The van der Waals surface area contributed by atoms with E-state index in [2.05, 4.69) is 16.5 Å². The first-order valence-corrected chi connectivity index (χ1v) is 9.05. The number of nitrogens with two attached hydrogens (primary N) is 3. The van der Waals surface area contributed by atoms with Gasteiger partial charge in [0.15, 0.2) is 5.84 Å². The Kier molecular flexibility index (Phi) is 5.05. The summed E-state index contributed by atoms with van der Waals surface area (Å²) in [6.45, 7) is 0.468. The Labute approximate surface area is 136 Å². The van der Waals surface area contributed by atoms with Crippen LogP contribution in [-0.4, -0.2) is 22.2 Å². The van der Waals surface area contributed by atoms with Gasteiger partial charge in [-0.1, -0.05) is 36.4 Å². The van der Waals surface area contributed by atoms with Crippen molar-refractivity contribution in [2.75, 3.05) is 6.26 Å². The minimum absolute atomic E-state index is 0.152. The summed E-state index contributed by atoms with van der Waals surface area (Å²) in [5.41, 5.74) is 17.1. The van der Waals surface area contributed by atoms with E-state index in [1.54, 1.807) is 12.3 Å². The van der Waals surface area contributed by atoms with E-state index in [4.69, 9.17) is 17.3 Å². The second-order valence-corrected chi connectivity index (χ2v) is 7.66. The van der Waals surface area contributed by atoms with Gasteiger partial charge in [-0.2, -0.15) is 0 Å². The quantitative estimate of drug-likeness (QED) is 0.210. The molecule has 2 aromatic carbocycles. The number of hydrazine groups is 1. The van der Waals surface area contributed by atoms with Crippen LogP contribution in [-0.2, 0) is 16.1 Å². The van der Waals surface area contributed by atoms with Crippen molar-refractivity contribution in [2.45, 2.75) is 11.4 Å². The van der Waals surface area contributed by atoms with Gasteiger partial charge in [0.05, 0.1) is 0 Å². The number of rotatable bonds is 5.